The Morgan fingerprint density at radius 2 is 1.95 bits per heavy atom. The van der Waals surface area contributed by atoms with Gasteiger partial charge < -0.3 is 14.8 Å². The van der Waals surface area contributed by atoms with Gasteiger partial charge in [0.05, 0.1) is 5.02 Å². The molecule has 0 unspecified atom stereocenters. The van der Waals surface area contributed by atoms with Crippen LogP contribution >= 0.6 is 11.6 Å². The average Bonchev–Trinajstić information content (AvgIpc) is 2.40. The van der Waals surface area contributed by atoms with E-state index in [2.05, 4.69) is 0 Å². The van der Waals surface area contributed by atoms with Gasteiger partial charge in [0.2, 0.25) is 0 Å². The van der Waals surface area contributed by atoms with Gasteiger partial charge in [-0.1, -0.05) is 29.8 Å². The number of halogens is 2. The van der Waals surface area contributed by atoms with E-state index >= 15 is 0 Å². The lowest BCUT2D eigenvalue weighted by Gasteiger charge is -2.10. The molecule has 0 saturated heterocycles. The van der Waals surface area contributed by atoms with E-state index in [9.17, 15) is 4.39 Å². The van der Waals surface area contributed by atoms with E-state index in [1.54, 1.807) is 12.1 Å². The molecule has 0 fully saturated rings. The highest BCUT2D eigenvalue weighted by Gasteiger charge is 2.14. The number of benzene rings is 2. The first kappa shape index (κ1) is 14.8. The first-order valence-corrected chi connectivity index (χ1v) is 6.38. The van der Waals surface area contributed by atoms with Gasteiger partial charge in [-0.05, 0) is 36.1 Å². The standard InChI is InChI=1S/C14H13BClFO3/c1-9-2-5-12(16)14(6-9)20-8-10-3-4-11(15(18)19)7-13(10)17/h2-7,18-19H,8H2,1H3. The van der Waals surface area contributed by atoms with Crippen LogP contribution in [-0.4, -0.2) is 17.2 Å². The van der Waals surface area contributed by atoms with E-state index in [0.717, 1.165) is 11.6 Å². The zero-order valence-electron chi connectivity index (χ0n) is 10.8. The topological polar surface area (TPSA) is 49.7 Å². The minimum atomic E-state index is -1.69. The molecule has 0 aliphatic heterocycles. The second-order valence-corrected chi connectivity index (χ2v) is 4.85. The molecule has 0 bridgehead atoms. The van der Waals surface area contributed by atoms with Crippen LogP contribution in [0.2, 0.25) is 5.02 Å². The Hall–Kier alpha value is -1.56. The lowest BCUT2D eigenvalue weighted by Crippen LogP contribution is -2.30. The largest absolute Gasteiger partial charge is 0.488 e. The van der Waals surface area contributed by atoms with Gasteiger partial charge in [-0.3, -0.25) is 0 Å². The molecule has 0 aliphatic rings. The SMILES string of the molecule is Cc1ccc(Cl)c(OCc2ccc(B(O)O)cc2F)c1. The Kier molecular flexibility index (Phi) is 4.65. The molecule has 2 aromatic rings. The molecule has 0 aliphatic carbocycles. The zero-order valence-corrected chi connectivity index (χ0v) is 11.6. The fourth-order valence-electron chi connectivity index (χ4n) is 1.72. The molecule has 104 valence electrons. The van der Waals surface area contributed by atoms with Crippen molar-refractivity contribution in [2.45, 2.75) is 13.5 Å². The molecule has 3 nitrogen and oxygen atoms in total. The first-order valence-electron chi connectivity index (χ1n) is 6.01. The molecular formula is C14H13BClFO3. The van der Waals surface area contributed by atoms with Gasteiger partial charge in [0.1, 0.15) is 18.2 Å². The van der Waals surface area contributed by atoms with Crippen molar-refractivity contribution in [2.24, 2.45) is 0 Å². The summed E-state index contributed by atoms with van der Waals surface area (Å²) >= 11 is 5.98. The van der Waals surface area contributed by atoms with Crippen molar-refractivity contribution in [2.75, 3.05) is 0 Å². The monoisotopic (exact) mass is 294 g/mol. The first-order chi connectivity index (χ1) is 9.47. The molecule has 0 amide bonds. The molecule has 0 saturated carbocycles. The third-order valence-electron chi connectivity index (χ3n) is 2.85. The van der Waals surface area contributed by atoms with Crippen molar-refractivity contribution in [1.29, 1.82) is 0 Å². The third kappa shape index (κ3) is 3.51. The predicted octanol–water partition coefficient (Wildman–Crippen LogP) is 2.05. The molecule has 0 aromatic heterocycles. The zero-order chi connectivity index (χ0) is 14.7. The van der Waals surface area contributed by atoms with Gasteiger partial charge in [0.15, 0.2) is 0 Å². The lowest BCUT2D eigenvalue weighted by atomic mass is 9.80. The van der Waals surface area contributed by atoms with Crippen LogP contribution in [-0.2, 0) is 6.61 Å². The van der Waals surface area contributed by atoms with Gasteiger partial charge >= 0.3 is 7.12 Å². The van der Waals surface area contributed by atoms with Crippen LogP contribution in [0.15, 0.2) is 36.4 Å². The highest BCUT2D eigenvalue weighted by atomic mass is 35.5. The van der Waals surface area contributed by atoms with Gasteiger partial charge in [-0.2, -0.15) is 0 Å². The highest BCUT2D eigenvalue weighted by Crippen LogP contribution is 2.26. The fraction of sp³-hybridized carbons (Fsp3) is 0.143. The average molecular weight is 295 g/mol. The number of rotatable bonds is 4. The van der Waals surface area contributed by atoms with Crippen molar-refractivity contribution in [3.8, 4) is 5.75 Å². The maximum atomic E-state index is 13.8. The van der Waals surface area contributed by atoms with Crippen molar-refractivity contribution in [1.82, 2.24) is 0 Å². The summed E-state index contributed by atoms with van der Waals surface area (Å²) < 4.78 is 19.2. The normalized spacial score (nSPS) is 10.4. The molecule has 0 spiro atoms. The Bertz CT molecular complexity index is 619. The molecule has 0 atom stereocenters. The van der Waals surface area contributed by atoms with Crippen LogP contribution in [0.4, 0.5) is 4.39 Å². The van der Waals surface area contributed by atoms with Crippen LogP contribution in [0, 0.1) is 12.7 Å². The molecule has 2 rings (SSSR count). The van der Waals surface area contributed by atoms with E-state index in [4.69, 9.17) is 26.4 Å². The Labute approximate surface area is 121 Å². The summed E-state index contributed by atoms with van der Waals surface area (Å²) in [5.74, 6) is -0.0725. The minimum absolute atomic E-state index is 0.0107. The molecule has 6 heteroatoms. The minimum Gasteiger partial charge on any atom is -0.487 e. The van der Waals surface area contributed by atoms with E-state index in [-0.39, 0.29) is 12.1 Å². The summed E-state index contributed by atoms with van der Waals surface area (Å²) in [6.45, 7) is 1.91. The van der Waals surface area contributed by atoms with Crippen LogP contribution in [0.25, 0.3) is 0 Å². The Morgan fingerprint density at radius 1 is 1.20 bits per heavy atom. The second kappa shape index (κ2) is 6.26. The number of hydrogen-bond acceptors (Lipinski definition) is 3. The van der Waals surface area contributed by atoms with Gasteiger partial charge in [0, 0.05) is 5.56 Å². The molecule has 2 aromatic carbocycles. The van der Waals surface area contributed by atoms with Crippen LogP contribution in [0.5, 0.6) is 5.75 Å². The van der Waals surface area contributed by atoms with Gasteiger partial charge in [0.25, 0.3) is 0 Å². The summed E-state index contributed by atoms with van der Waals surface area (Å²) in [6.07, 6.45) is 0. The van der Waals surface area contributed by atoms with Crippen molar-refractivity contribution < 1.29 is 19.2 Å². The molecule has 2 N–H and O–H groups in total. The molecule has 20 heavy (non-hydrogen) atoms. The summed E-state index contributed by atoms with van der Waals surface area (Å²) in [6, 6.07) is 9.30. The fourth-order valence-corrected chi connectivity index (χ4v) is 1.89. The van der Waals surface area contributed by atoms with E-state index < -0.39 is 12.9 Å². The van der Waals surface area contributed by atoms with Gasteiger partial charge in [-0.15, -0.1) is 0 Å². The second-order valence-electron chi connectivity index (χ2n) is 4.45. The third-order valence-corrected chi connectivity index (χ3v) is 3.16. The van der Waals surface area contributed by atoms with Crippen molar-refractivity contribution in [3.05, 3.63) is 58.4 Å². The van der Waals surface area contributed by atoms with Crippen LogP contribution in [0.3, 0.4) is 0 Å². The maximum absolute atomic E-state index is 13.8. The molecule has 0 radical (unpaired) electrons. The molecule has 0 heterocycles. The predicted molar refractivity (Wildman–Crippen MR) is 76.7 cm³/mol. The molecular weight excluding hydrogens is 281 g/mol. The number of hydrogen-bond donors (Lipinski definition) is 2. The van der Waals surface area contributed by atoms with Crippen LogP contribution < -0.4 is 10.2 Å². The van der Waals surface area contributed by atoms with E-state index in [1.807, 2.05) is 13.0 Å². The summed E-state index contributed by atoms with van der Waals surface area (Å²) in [7, 11) is -1.69. The number of ether oxygens (including phenoxy) is 1. The summed E-state index contributed by atoms with van der Waals surface area (Å²) in [4.78, 5) is 0. The van der Waals surface area contributed by atoms with Crippen molar-refractivity contribution in [3.63, 3.8) is 0 Å². The number of aryl methyl sites for hydroxylation is 1. The highest BCUT2D eigenvalue weighted by molar-refractivity contribution is 6.58. The van der Waals surface area contributed by atoms with E-state index in [1.165, 1.54) is 12.1 Å². The Balaban J connectivity index is 2.13. The van der Waals surface area contributed by atoms with Gasteiger partial charge in [-0.25, -0.2) is 4.39 Å². The quantitative estimate of drug-likeness (QED) is 0.849. The smallest absolute Gasteiger partial charge is 0.487 e. The maximum Gasteiger partial charge on any atom is 0.488 e. The van der Waals surface area contributed by atoms with Crippen molar-refractivity contribution >= 4 is 24.2 Å². The van der Waals surface area contributed by atoms with Crippen LogP contribution in [0.1, 0.15) is 11.1 Å². The van der Waals surface area contributed by atoms with E-state index in [0.29, 0.717) is 16.3 Å². The summed E-state index contributed by atoms with van der Waals surface area (Å²) in [5.41, 5.74) is 1.40. The lowest BCUT2D eigenvalue weighted by molar-refractivity contribution is 0.300. The summed E-state index contributed by atoms with van der Waals surface area (Å²) in [5, 5.41) is 18.4. The Morgan fingerprint density at radius 3 is 2.60 bits per heavy atom.